The zero-order valence-corrected chi connectivity index (χ0v) is 4.98. The second-order valence-electron chi connectivity index (χ2n) is 1.52. The van der Waals surface area contributed by atoms with E-state index in [4.69, 9.17) is 0 Å². The summed E-state index contributed by atoms with van der Waals surface area (Å²) in [4.78, 5) is 10.2. The van der Waals surface area contributed by atoms with Crippen LogP contribution in [0.25, 0.3) is 0 Å². The third-order valence-electron chi connectivity index (χ3n) is 0.730. The molecule has 48 valence electrons. The lowest BCUT2D eigenvalue weighted by Crippen LogP contribution is -2.16. The Hall–Kier alpha value is -0.440. The van der Waals surface area contributed by atoms with E-state index in [1.54, 1.807) is 0 Å². The van der Waals surface area contributed by atoms with Gasteiger partial charge < -0.3 is 4.74 Å². The van der Waals surface area contributed by atoms with Crippen molar-refractivity contribution in [2.24, 2.45) is 0 Å². The molecule has 0 bridgehead atoms. The minimum atomic E-state index is -1.39. The quantitative estimate of drug-likeness (QED) is 0.544. The highest BCUT2D eigenvalue weighted by Gasteiger charge is 2.08. The summed E-state index contributed by atoms with van der Waals surface area (Å²) >= 11 is 0. The Morgan fingerprint density at radius 1 is 1.88 bits per heavy atom. The van der Waals surface area contributed by atoms with Gasteiger partial charge in [0.2, 0.25) is 0 Å². The second-order valence-corrected chi connectivity index (χ2v) is 1.52. The van der Waals surface area contributed by atoms with Gasteiger partial charge in [0.05, 0.1) is 0 Å². The van der Waals surface area contributed by atoms with Gasteiger partial charge in [-0.1, -0.05) is 0 Å². The van der Waals surface area contributed by atoms with Crippen LogP contribution in [-0.2, 0) is 9.53 Å². The number of carbonyl (C=O) groups excluding carboxylic acids is 1. The molecule has 1 atom stereocenters. The average molecular weight is 120 g/mol. The zero-order chi connectivity index (χ0) is 6.57. The molecule has 0 aliphatic heterocycles. The fourth-order valence-electron chi connectivity index (χ4n) is 0.257. The highest BCUT2D eigenvalue weighted by atomic mass is 19.1. The Morgan fingerprint density at radius 2 is 2.38 bits per heavy atom. The SMILES string of the molecule is COCC(=O)C(C)F. The minimum absolute atomic E-state index is 0.127. The van der Waals surface area contributed by atoms with Gasteiger partial charge in [0.1, 0.15) is 6.61 Å². The third kappa shape index (κ3) is 2.69. The Morgan fingerprint density at radius 3 is 2.50 bits per heavy atom. The van der Waals surface area contributed by atoms with Crippen LogP contribution in [0.4, 0.5) is 4.39 Å². The van der Waals surface area contributed by atoms with Crippen LogP contribution in [0, 0.1) is 0 Å². The van der Waals surface area contributed by atoms with Gasteiger partial charge in [0, 0.05) is 7.11 Å². The molecule has 0 radical (unpaired) electrons. The van der Waals surface area contributed by atoms with E-state index >= 15 is 0 Å². The molecule has 0 saturated heterocycles. The van der Waals surface area contributed by atoms with Crippen LogP contribution >= 0.6 is 0 Å². The maximum Gasteiger partial charge on any atom is 0.192 e. The number of ether oxygens (including phenoxy) is 1. The lowest BCUT2D eigenvalue weighted by atomic mass is 10.3. The number of rotatable bonds is 3. The van der Waals surface area contributed by atoms with Crippen molar-refractivity contribution >= 4 is 5.78 Å². The maximum atomic E-state index is 11.9. The molecule has 0 rings (SSSR count). The Kier molecular flexibility index (Phi) is 3.35. The molecule has 8 heavy (non-hydrogen) atoms. The summed E-state index contributed by atoms with van der Waals surface area (Å²) in [5.74, 6) is -0.507. The van der Waals surface area contributed by atoms with E-state index in [0.29, 0.717) is 0 Å². The number of halogens is 1. The van der Waals surface area contributed by atoms with Gasteiger partial charge >= 0.3 is 0 Å². The summed E-state index contributed by atoms with van der Waals surface area (Å²) < 4.78 is 16.2. The van der Waals surface area contributed by atoms with Crippen LogP contribution in [0.1, 0.15) is 6.92 Å². The highest BCUT2D eigenvalue weighted by Crippen LogP contribution is 1.89. The van der Waals surface area contributed by atoms with Gasteiger partial charge in [-0.25, -0.2) is 4.39 Å². The topological polar surface area (TPSA) is 26.3 Å². The molecule has 0 aromatic rings. The molecule has 0 heterocycles. The summed E-state index contributed by atoms with van der Waals surface area (Å²) in [6.07, 6.45) is -1.39. The summed E-state index contributed by atoms with van der Waals surface area (Å²) in [6, 6.07) is 0. The van der Waals surface area contributed by atoms with Gasteiger partial charge in [-0.2, -0.15) is 0 Å². The Labute approximate surface area is 47.6 Å². The van der Waals surface area contributed by atoms with Gasteiger partial charge in [-0.05, 0) is 6.92 Å². The minimum Gasteiger partial charge on any atom is -0.377 e. The molecule has 0 N–H and O–H groups in total. The van der Waals surface area contributed by atoms with Crippen molar-refractivity contribution in [3.05, 3.63) is 0 Å². The van der Waals surface area contributed by atoms with Crippen molar-refractivity contribution in [1.82, 2.24) is 0 Å². The van der Waals surface area contributed by atoms with Crippen molar-refractivity contribution in [2.45, 2.75) is 13.1 Å². The Balaban J connectivity index is 3.33. The van der Waals surface area contributed by atoms with E-state index in [9.17, 15) is 9.18 Å². The van der Waals surface area contributed by atoms with Gasteiger partial charge in [-0.15, -0.1) is 0 Å². The van der Waals surface area contributed by atoms with Crippen molar-refractivity contribution in [1.29, 1.82) is 0 Å². The van der Waals surface area contributed by atoms with E-state index < -0.39 is 12.0 Å². The summed E-state index contributed by atoms with van der Waals surface area (Å²) in [5, 5.41) is 0. The largest absolute Gasteiger partial charge is 0.377 e. The summed E-state index contributed by atoms with van der Waals surface area (Å²) in [6.45, 7) is 1.07. The molecule has 0 aromatic carbocycles. The number of alkyl halides is 1. The van der Waals surface area contributed by atoms with Gasteiger partial charge in [0.25, 0.3) is 0 Å². The van der Waals surface area contributed by atoms with Crippen molar-refractivity contribution in [3.63, 3.8) is 0 Å². The molecule has 0 aliphatic carbocycles. The maximum absolute atomic E-state index is 11.9. The fraction of sp³-hybridized carbons (Fsp3) is 0.800. The van der Waals surface area contributed by atoms with Crippen molar-refractivity contribution < 1.29 is 13.9 Å². The monoisotopic (exact) mass is 120 g/mol. The van der Waals surface area contributed by atoms with Gasteiger partial charge in [0.15, 0.2) is 12.0 Å². The summed E-state index contributed by atoms with van der Waals surface area (Å²) in [5.41, 5.74) is 0. The van der Waals surface area contributed by atoms with Crippen LogP contribution in [0.3, 0.4) is 0 Å². The number of hydrogen-bond donors (Lipinski definition) is 0. The van der Waals surface area contributed by atoms with Crippen LogP contribution in [0.2, 0.25) is 0 Å². The Bertz CT molecular complexity index is 80.5. The molecule has 0 saturated carbocycles. The van der Waals surface area contributed by atoms with E-state index in [2.05, 4.69) is 4.74 Å². The number of methoxy groups -OCH3 is 1. The van der Waals surface area contributed by atoms with E-state index in [1.165, 1.54) is 14.0 Å². The lowest BCUT2D eigenvalue weighted by Gasteiger charge is -1.96. The molecular weight excluding hydrogens is 111 g/mol. The van der Waals surface area contributed by atoms with Crippen LogP contribution in [-0.4, -0.2) is 25.7 Å². The predicted molar refractivity (Wildman–Crippen MR) is 27.5 cm³/mol. The normalized spacial score (nSPS) is 13.4. The highest BCUT2D eigenvalue weighted by molar-refractivity contribution is 5.83. The van der Waals surface area contributed by atoms with E-state index in [0.717, 1.165) is 0 Å². The smallest absolute Gasteiger partial charge is 0.192 e. The number of carbonyl (C=O) groups is 1. The standard InChI is InChI=1S/C5H9FO2/c1-4(6)5(7)3-8-2/h4H,3H2,1-2H3. The number of hydrogen-bond acceptors (Lipinski definition) is 2. The molecule has 3 heteroatoms. The first-order chi connectivity index (χ1) is 3.68. The van der Waals surface area contributed by atoms with Crippen LogP contribution in [0.5, 0.6) is 0 Å². The van der Waals surface area contributed by atoms with Gasteiger partial charge in [-0.3, -0.25) is 4.79 Å². The van der Waals surface area contributed by atoms with Crippen molar-refractivity contribution in [2.75, 3.05) is 13.7 Å². The first kappa shape index (κ1) is 7.56. The van der Waals surface area contributed by atoms with E-state index in [-0.39, 0.29) is 6.61 Å². The first-order valence-electron chi connectivity index (χ1n) is 2.34. The number of ketones is 1. The van der Waals surface area contributed by atoms with Crippen LogP contribution < -0.4 is 0 Å². The summed E-state index contributed by atoms with van der Waals surface area (Å²) in [7, 11) is 1.36. The lowest BCUT2D eigenvalue weighted by molar-refractivity contribution is -0.126. The molecule has 0 aromatic heterocycles. The molecule has 0 amide bonds. The second kappa shape index (κ2) is 3.55. The van der Waals surface area contributed by atoms with Crippen molar-refractivity contribution in [3.8, 4) is 0 Å². The number of Topliss-reactive ketones (excluding diaryl/α,β-unsaturated/α-hetero) is 1. The molecule has 0 aliphatic rings. The molecule has 0 spiro atoms. The average Bonchev–Trinajstić information content (AvgIpc) is 1.67. The zero-order valence-electron chi connectivity index (χ0n) is 4.98. The van der Waals surface area contributed by atoms with E-state index in [1.807, 2.05) is 0 Å². The molecule has 2 nitrogen and oxygen atoms in total. The van der Waals surface area contributed by atoms with Crippen LogP contribution in [0.15, 0.2) is 0 Å². The molecular formula is C5H9FO2. The fourth-order valence-corrected chi connectivity index (χ4v) is 0.257. The molecule has 0 fully saturated rings. The third-order valence-corrected chi connectivity index (χ3v) is 0.730. The predicted octanol–water partition coefficient (Wildman–Crippen LogP) is 0.560. The first-order valence-corrected chi connectivity index (χ1v) is 2.34. The molecule has 1 unspecified atom stereocenters.